The first kappa shape index (κ1) is 17.2. The molecule has 3 aromatic rings. The largest absolute Gasteiger partial charge is 0.325 e. The first-order chi connectivity index (χ1) is 11.5. The van der Waals surface area contributed by atoms with Gasteiger partial charge in [-0.05, 0) is 30.3 Å². The number of benzene rings is 2. The second kappa shape index (κ2) is 7.48. The highest BCUT2D eigenvalue weighted by Crippen LogP contribution is 2.29. The normalized spacial score (nSPS) is 10.5. The number of rotatable bonds is 3. The van der Waals surface area contributed by atoms with Crippen LogP contribution in [-0.4, -0.2) is 16.2 Å². The lowest BCUT2D eigenvalue weighted by Crippen LogP contribution is -2.19. The molecule has 2 aromatic carbocycles. The standard InChI is InChI=1S/C15H9BrCl2N4OS/c16-9-3-1-2-8(6-9)13-21-22-15(24-13)20-14(23)19-12-5-4-10(17)7-11(12)18/h1-7H,(H2,19,20,22,23). The molecule has 0 aliphatic rings. The Kier molecular flexibility index (Phi) is 5.35. The Bertz CT molecular complexity index is 903. The summed E-state index contributed by atoms with van der Waals surface area (Å²) < 4.78 is 0.944. The summed E-state index contributed by atoms with van der Waals surface area (Å²) in [5, 5.41) is 15.2. The van der Waals surface area contributed by atoms with E-state index in [2.05, 4.69) is 36.8 Å². The third-order valence-corrected chi connectivity index (χ3v) is 4.83. The van der Waals surface area contributed by atoms with Crippen LogP contribution in [0.2, 0.25) is 10.0 Å². The Morgan fingerprint density at radius 2 is 1.92 bits per heavy atom. The summed E-state index contributed by atoms with van der Waals surface area (Å²) in [6.45, 7) is 0. The van der Waals surface area contributed by atoms with E-state index in [0.717, 1.165) is 10.0 Å². The summed E-state index contributed by atoms with van der Waals surface area (Å²) >= 11 is 16.5. The second-order valence-corrected chi connectivity index (χ2v) is 7.36. The van der Waals surface area contributed by atoms with Gasteiger partial charge in [0.05, 0.1) is 10.7 Å². The molecule has 0 atom stereocenters. The Hall–Kier alpha value is -1.67. The average Bonchev–Trinajstić information content (AvgIpc) is 2.98. The number of nitrogens with one attached hydrogen (secondary N) is 2. The number of anilines is 2. The van der Waals surface area contributed by atoms with Crippen molar-refractivity contribution in [2.45, 2.75) is 0 Å². The van der Waals surface area contributed by atoms with Crippen molar-refractivity contribution in [3.63, 3.8) is 0 Å². The number of carbonyl (C=O) groups is 1. The summed E-state index contributed by atoms with van der Waals surface area (Å²) in [6, 6.07) is 12.0. The van der Waals surface area contributed by atoms with Crippen molar-refractivity contribution < 1.29 is 4.79 Å². The number of hydrogen-bond acceptors (Lipinski definition) is 4. The van der Waals surface area contributed by atoms with Crippen LogP contribution in [0.1, 0.15) is 0 Å². The quantitative estimate of drug-likeness (QED) is 0.527. The molecule has 0 aliphatic carbocycles. The summed E-state index contributed by atoms with van der Waals surface area (Å²) in [5.74, 6) is 0. The Labute approximate surface area is 160 Å². The van der Waals surface area contributed by atoms with Crippen LogP contribution >= 0.6 is 50.5 Å². The zero-order valence-electron chi connectivity index (χ0n) is 11.9. The van der Waals surface area contributed by atoms with Crippen LogP contribution in [0.15, 0.2) is 46.9 Å². The van der Waals surface area contributed by atoms with Crippen LogP contribution in [-0.2, 0) is 0 Å². The fraction of sp³-hybridized carbons (Fsp3) is 0. The van der Waals surface area contributed by atoms with Gasteiger partial charge < -0.3 is 5.32 Å². The Morgan fingerprint density at radius 3 is 2.67 bits per heavy atom. The molecule has 0 bridgehead atoms. The van der Waals surface area contributed by atoms with Gasteiger partial charge in [0.25, 0.3) is 0 Å². The van der Waals surface area contributed by atoms with Crippen molar-refractivity contribution in [1.82, 2.24) is 10.2 Å². The van der Waals surface area contributed by atoms with Gasteiger partial charge in [-0.15, -0.1) is 10.2 Å². The zero-order valence-corrected chi connectivity index (χ0v) is 15.8. The molecule has 0 saturated carbocycles. The molecule has 0 radical (unpaired) electrons. The smallest absolute Gasteiger partial charge is 0.306 e. The van der Waals surface area contributed by atoms with Gasteiger partial charge in [-0.25, -0.2) is 4.79 Å². The molecule has 5 nitrogen and oxygen atoms in total. The van der Waals surface area contributed by atoms with Crippen molar-refractivity contribution in [3.05, 3.63) is 57.0 Å². The van der Waals surface area contributed by atoms with Crippen molar-refractivity contribution in [2.24, 2.45) is 0 Å². The highest BCUT2D eigenvalue weighted by molar-refractivity contribution is 9.10. The maximum atomic E-state index is 12.0. The third kappa shape index (κ3) is 4.24. The summed E-state index contributed by atoms with van der Waals surface area (Å²) in [4.78, 5) is 12.0. The molecule has 0 unspecified atom stereocenters. The van der Waals surface area contributed by atoms with E-state index < -0.39 is 6.03 Å². The molecule has 2 amide bonds. The van der Waals surface area contributed by atoms with E-state index in [1.165, 1.54) is 11.3 Å². The number of halogens is 3. The van der Waals surface area contributed by atoms with E-state index in [-0.39, 0.29) is 0 Å². The number of amides is 2. The average molecular weight is 444 g/mol. The molecule has 1 heterocycles. The van der Waals surface area contributed by atoms with Gasteiger partial charge >= 0.3 is 6.03 Å². The number of nitrogens with zero attached hydrogens (tertiary/aromatic N) is 2. The van der Waals surface area contributed by atoms with Gasteiger partial charge in [0.15, 0.2) is 0 Å². The minimum absolute atomic E-state index is 0.352. The highest BCUT2D eigenvalue weighted by atomic mass is 79.9. The first-order valence-electron chi connectivity index (χ1n) is 6.64. The lowest BCUT2D eigenvalue weighted by atomic mass is 10.2. The highest BCUT2D eigenvalue weighted by Gasteiger charge is 2.11. The molecular weight excluding hydrogens is 435 g/mol. The van der Waals surface area contributed by atoms with E-state index in [9.17, 15) is 4.79 Å². The summed E-state index contributed by atoms with van der Waals surface area (Å²) in [7, 11) is 0. The topological polar surface area (TPSA) is 66.9 Å². The van der Waals surface area contributed by atoms with E-state index >= 15 is 0 Å². The molecule has 0 aliphatic heterocycles. The van der Waals surface area contributed by atoms with Crippen LogP contribution in [0.25, 0.3) is 10.6 Å². The van der Waals surface area contributed by atoms with E-state index in [1.54, 1.807) is 18.2 Å². The predicted octanol–water partition coefficient (Wildman–Crippen LogP) is 5.92. The molecular formula is C15H9BrCl2N4OS. The lowest BCUT2D eigenvalue weighted by molar-refractivity contribution is 0.262. The molecule has 9 heteroatoms. The fourth-order valence-corrected chi connectivity index (χ4v) is 3.44. The third-order valence-electron chi connectivity index (χ3n) is 2.90. The maximum Gasteiger partial charge on any atom is 0.325 e. The fourth-order valence-electron chi connectivity index (χ4n) is 1.85. The molecule has 0 fully saturated rings. The van der Waals surface area contributed by atoms with Crippen LogP contribution in [0.3, 0.4) is 0 Å². The van der Waals surface area contributed by atoms with Crippen LogP contribution in [0.4, 0.5) is 15.6 Å². The number of hydrogen-bond donors (Lipinski definition) is 2. The SMILES string of the molecule is O=C(Nc1nnc(-c2cccc(Br)c2)s1)Nc1ccc(Cl)cc1Cl. The summed E-state index contributed by atoms with van der Waals surface area (Å²) in [5.41, 5.74) is 1.37. The minimum Gasteiger partial charge on any atom is -0.306 e. The van der Waals surface area contributed by atoms with Crippen molar-refractivity contribution >= 4 is 67.3 Å². The van der Waals surface area contributed by atoms with Crippen molar-refractivity contribution in [2.75, 3.05) is 10.6 Å². The molecule has 24 heavy (non-hydrogen) atoms. The van der Waals surface area contributed by atoms with Gasteiger partial charge in [-0.3, -0.25) is 5.32 Å². The van der Waals surface area contributed by atoms with E-state index in [0.29, 0.717) is 25.9 Å². The maximum absolute atomic E-state index is 12.0. The Balaban J connectivity index is 1.69. The van der Waals surface area contributed by atoms with Crippen molar-refractivity contribution in [1.29, 1.82) is 0 Å². The van der Waals surface area contributed by atoms with Crippen LogP contribution in [0.5, 0.6) is 0 Å². The minimum atomic E-state index is -0.462. The van der Waals surface area contributed by atoms with Gasteiger partial charge in [0.1, 0.15) is 5.01 Å². The van der Waals surface area contributed by atoms with E-state index in [4.69, 9.17) is 23.2 Å². The van der Waals surface area contributed by atoms with Gasteiger partial charge in [0, 0.05) is 15.1 Å². The van der Waals surface area contributed by atoms with E-state index in [1.807, 2.05) is 24.3 Å². The van der Waals surface area contributed by atoms with Gasteiger partial charge in [-0.2, -0.15) is 0 Å². The van der Waals surface area contributed by atoms with Gasteiger partial charge in [-0.1, -0.05) is 62.6 Å². The van der Waals surface area contributed by atoms with Crippen LogP contribution in [0, 0.1) is 0 Å². The molecule has 2 N–H and O–H groups in total. The molecule has 0 spiro atoms. The predicted molar refractivity (Wildman–Crippen MR) is 102 cm³/mol. The summed E-state index contributed by atoms with van der Waals surface area (Å²) in [6.07, 6.45) is 0. The second-order valence-electron chi connectivity index (χ2n) is 4.63. The lowest BCUT2D eigenvalue weighted by Gasteiger charge is -2.07. The first-order valence-corrected chi connectivity index (χ1v) is 9.00. The molecule has 122 valence electrons. The van der Waals surface area contributed by atoms with Gasteiger partial charge in [0.2, 0.25) is 5.13 Å². The number of urea groups is 1. The van der Waals surface area contributed by atoms with Crippen molar-refractivity contribution in [3.8, 4) is 10.6 Å². The molecule has 0 saturated heterocycles. The van der Waals surface area contributed by atoms with Crippen LogP contribution < -0.4 is 10.6 Å². The zero-order chi connectivity index (χ0) is 17.1. The monoisotopic (exact) mass is 442 g/mol. The molecule has 1 aromatic heterocycles. The Morgan fingerprint density at radius 1 is 1.08 bits per heavy atom. The number of aromatic nitrogens is 2. The molecule has 3 rings (SSSR count). The number of carbonyl (C=O) groups excluding carboxylic acids is 1.